The maximum absolute atomic E-state index is 12.6. The zero-order valence-corrected chi connectivity index (χ0v) is 17.6. The molecule has 148 valence electrons. The summed E-state index contributed by atoms with van der Waals surface area (Å²) >= 11 is 11.9. The van der Waals surface area contributed by atoms with Crippen molar-refractivity contribution in [2.75, 3.05) is 13.1 Å². The van der Waals surface area contributed by atoms with E-state index in [0.717, 1.165) is 0 Å². The predicted molar refractivity (Wildman–Crippen MR) is 104 cm³/mol. The molecule has 7 nitrogen and oxygen atoms in total. The van der Waals surface area contributed by atoms with Crippen LogP contribution in [0.5, 0.6) is 0 Å². The van der Waals surface area contributed by atoms with Gasteiger partial charge < -0.3 is 10.2 Å². The Morgan fingerprint density at radius 2 is 2.04 bits per heavy atom. The van der Waals surface area contributed by atoms with Crippen molar-refractivity contribution in [3.05, 3.63) is 28.2 Å². The molecule has 1 saturated heterocycles. The monoisotopic (exact) mass is 432 g/mol. The first-order valence-corrected chi connectivity index (χ1v) is 10.6. The standard InChI is InChI=1S/C17H22Cl2N4O3S/c1-17(2,3)16(24)21-8-13-7-12(9-23(13)10-20)22-27(25,26)15-6-11(18)4-5-14(15)19/h4-6,12-13,22H,7-9H2,1-3H3,(H,21,24)/t12-,13-/m1/s1. The summed E-state index contributed by atoms with van der Waals surface area (Å²) in [7, 11) is -3.90. The predicted octanol–water partition coefficient (Wildman–Crippen LogP) is 2.36. The molecule has 2 atom stereocenters. The molecule has 27 heavy (non-hydrogen) atoms. The molecule has 0 aromatic heterocycles. The van der Waals surface area contributed by atoms with Crippen LogP contribution in [-0.4, -0.2) is 44.4 Å². The number of hydrogen-bond donors (Lipinski definition) is 2. The average molecular weight is 433 g/mol. The number of amides is 1. The van der Waals surface area contributed by atoms with E-state index in [2.05, 4.69) is 16.2 Å². The van der Waals surface area contributed by atoms with Crippen molar-refractivity contribution in [3.63, 3.8) is 0 Å². The Morgan fingerprint density at radius 1 is 1.37 bits per heavy atom. The van der Waals surface area contributed by atoms with Gasteiger partial charge in [0.1, 0.15) is 4.90 Å². The zero-order valence-electron chi connectivity index (χ0n) is 15.3. The number of sulfonamides is 1. The summed E-state index contributed by atoms with van der Waals surface area (Å²) in [6, 6.07) is 3.43. The van der Waals surface area contributed by atoms with Crippen LogP contribution < -0.4 is 10.0 Å². The molecule has 1 amide bonds. The summed E-state index contributed by atoms with van der Waals surface area (Å²) in [5, 5.41) is 12.5. The van der Waals surface area contributed by atoms with Gasteiger partial charge in [0.25, 0.3) is 0 Å². The highest BCUT2D eigenvalue weighted by atomic mass is 35.5. The van der Waals surface area contributed by atoms with Gasteiger partial charge in [0.05, 0.1) is 11.1 Å². The maximum Gasteiger partial charge on any atom is 0.242 e. The molecule has 0 unspecified atom stereocenters. The number of carbonyl (C=O) groups excluding carboxylic acids is 1. The quantitative estimate of drug-likeness (QED) is 0.695. The van der Waals surface area contributed by atoms with Crippen LogP contribution in [0.1, 0.15) is 27.2 Å². The molecule has 2 N–H and O–H groups in total. The maximum atomic E-state index is 12.6. The molecular weight excluding hydrogens is 411 g/mol. The van der Waals surface area contributed by atoms with Gasteiger partial charge in [-0.15, -0.1) is 0 Å². The van der Waals surface area contributed by atoms with Gasteiger partial charge in [-0.25, -0.2) is 13.1 Å². The van der Waals surface area contributed by atoms with Gasteiger partial charge in [0, 0.05) is 29.6 Å². The lowest BCUT2D eigenvalue weighted by atomic mass is 9.95. The van der Waals surface area contributed by atoms with Crippen molar-refractivity contribution in [1.82, 2.24) is 14.9 Å². The molecule has 0 aliphatic carbocycles. The van der Waals surface area contributed by atoms with E-state index < -0.39 is 21.5 Å². The van der Waals surface area contributed by atoms with Gasteiger partial charge >= 0.3 is 0 Å². The van der Waals surface area contributed by atoms with Crippen LogP contribution in [0.2, 0.25) is 10.0 Å². The summed E-state index contributed by atoms with van der Waals surface area (Å²) in [6.45, 7) is 5.86. The highest BCUT2D eigenvalue weighted by molar-refractivity contribution is 7.89. The molecule has 0 bridgehead atoms. The number of hydrogen-bond acceptors (Lipinski definition) is 5. The van der Waals surface area contributed by atoms with Crippen LogP contribution in [0.15, 0.2) is 23.1 Å². The van der Waals surface area contributed by atoms with Crippen molar-refractivity contribution in [2.45, 2.75) is 44.2 Å². The smallest absolute Gasteiger partial charge is 0.242 e. The number of rotatable bonds is 5. The van der Waals surface area contributed by atoms with E-state index >= 15 is 0 Å². The molecule has 1 aliphatic rings. The van der Waals surface area contributed by atoms with Crippen molar-refractivity contribution >= 4 is 39.1 Å². The minimum absolute atomic E-state index is 0.0658. The second-order valence-corrected chi connectivity index (χ2v) is 10.0. The van der Waals surface area contributed by atoms with E-state index in [1.54, 1.807) is 20.8 Å². The highest BCUT2D eigenvalue weighted by Gasteiger charge is 2.35. The molecule has 1 aromatic rings. The summed E-state index contributed by atoms with van der Waals surface area (Å²) in [4.78, 5) is 13.4. The third-order valence-corrected chi connectivity index (χ3v) is 6.46. The first-order valence-electron chi connectivity index (χ1n) is 8.36. The first kappa shape index (κ1) is 21.8. The van der Waals surface area contributed by atoms with Crippen LogP contribution in [0.4, 0.5) is 0 Å². The summed E-state index contributed by atoms with van der Waals surface area (Å²) in [5.41, 5.74) is -0.541. The number of carbonyl (C=O) groups is 1. The Hall–Kier alpha value is -1.53. The number of benzene rings is 1. The molecule has 1 heterocycles. The fourth-order valence-corrected chi connectivity index (χ4v) is 4.76. The topological polar surface area (TPSA) is 102 Å². The van der Waals surface area contributed by atoms with Gasteiger partial charge in [0.2, 0.25) is 15.9 Å². The van der Waals surface area contributed by atoms with E-state index in [0.29, 0.717) is 6.42 Å². The van der Waals surface area contributed by atoms with Gasteiger partial charge in [-0.1, -0.05) is 44.0 Å². The van der Waals surface area contributed by atoms with Gasteiger partial charge in [-0.05, 0) is 24.6 Å². The second-order valence-electron chi connectivity index (χ2n) is 7.49. The Bertz CT molecular complexity index is 862. The summed E-state index contributed by atoms with van der Waals surface area (Å²) < 4.78 is 27.8. The van der Waals surface area contributed by atoms with Crippen molar-refractivity contribution in [1.29, 1.82) is 5.26 Å². The zero-order chi connectivity index (χ0) is 20.4. The number of nitrogens with one attached hydrogen (secondary N) is 2. The van der Waals surface area contributed by atoms with Gasteiger partial charge in [-0.3, -0.25) is 4.79 Å². The van der Waals surface area contributed by atoms with Crippen LogP contribution in [-0.2, 0) is 14.8 Å². The molecule has 2 rings (SSSR count). The Balaban J connectivity index is 2.07. The lowest BCUT2D eigenvalue weighted by molar-refractivity contribution is -0.128. The van der Waals surface area contributed by atoms with Crippen LogP contribution in [0, 0.1) is 16.9 Å². The fraction of sp³-hybridized carbons (Fsp3) is 0.529. The lowest BCUT2D eigenvalue weighted by Gasteiger charge is -2.22. The summed E-state index contributed by atoms with van der Waals surface area (Å²) in [6.07, 6.45) is 2.44. The van der Waals surface area contributed by atoms with Gasteiger partial charge in [-0.2, -0.15) is 5.26 Å². The molecular formula is C17H22Cl2N4O3S. The van der Waals surface area contributed by atoms with Crippen molar-refractivity contribution in [3.8, 4) is 6.19 Å². The van der Waals surface area contributed by atoms with Crippen LogP contribution >= 0.6 is 23.2 Å². The molecule has 0 radical (unpaired) electrons. The van der Waals surface area contributed by atoms with Crippen LogP contribution in [0.3, 0.4) is 0 Å². The molecule has 0 saturated carbocycles. The minimum Gasteiger partial charge on any atom is -0.354 e. The van der Waals surface area contributed by atoms with Crippen LogP contribution in [0.25, 0.3) is 0 Å². The first-order chi connectivity index (χ1) is 12.4. The largest absolute Gasteiger partial charge is 0.354 e. The van der Waals surface area contributed by atoms with E-state index in [1.807, 2.05) is 0 Å². The Labute approximate surface area is 169 Å². The van der Waals surface area contributed by atoms with E-state index in [-0.39, 0.29) is 40.0 Å². The second kappa shape index (κ2) is 8.23. The Kier molecular flexibility index (Phi) is 6.63. The molecule has 1 aliphatic heterocycles. The number of likely N-dealkylation sites (tertiary alicyclic amines) is 1. The average Bonchev–Trinajstić information content (AvgIpc) is 2.94. The van der Waals surface area contributed by atoms with E-state index in [1.165, 1.54) is 23.1 Å². The number of nitrogens with zero attached hydrogens (tertiary/aromatic N) is 2. The minimum atomic E-state index is -3.90. The Morgan fingerprint density at radius 3 is 2.63 bits per heavy atom. The summed E-state index contributed by atoms with van der Waals surface area (Å²) in [5.74, 6) is -0.130. The van der Waals surface area contributed by atoms with Crippen molar-refractivity contribution in [2.24, 2.45) is 5.41 Å². The van der Waals surface area contributed by atoms with E-state index in [9.17, 15) is 18.5 Å². The van der Waals surface area contributed by atoms with Gasteiger partial charge in [0.15, 0.2) is 6.19 Å². The molecule has 10 heteroatoms. The third kappa shape index (κ3) is 5.48. The van der Waals surface area contributed by atoms with Crippen molar-refractivity contribution < 1.29 is 13.2 Å². The third-order valence-electron chi connectivity index (χ3n) is 4.23. The fourth-order valence-electron chi connectivity index (χ4n) is 2.76. The highest BCUT2D eigenvalue weighted by Crippen LogP contribution is 2.26. The molecule has 1 fully saturated rings. The molecule has 1 aromatic carbocycles. The number of nitriles is 1. The lowest BCUT2D eigenvalue weighted by Crippen LogP contribution is -2.42. The SMILES string of the molecule is CC(C)(C)C(=O)NC[C@H]1C[C@@H](NS(=O)(=O)c2cc(Cl)ccc2Cl)CN1C#N. The molecule has 0 spiro atoms. The number of halogens is 2. The van der Waals surface area contributed by atoms with E-state index in [4.69, 9.17) is 23.2 Å². The normalized spacial score (nSPS) is 20.4.